The van der Waals surface area contributed by atoms with E-state index in [1.54, 1.807) is 0 Å². The van der Waals surface area contributed by atoms with Gasteiger partial charge in [0.15, 0.2) is 6.10 Å². The molecule has 2 atom stereocenters. The minimum absolute atomic E-state index is 0.262. The number of carboxylic acid groups (broad SMARTS) is 1. The maximum Gasteiger partial charge on any atom is 0.332 e. The van der Waals surface area contributed by atoms with E-state index in [2.05, 4.69) is 29.3 Å². The number of rotatable bonds is 7. The molecule has 0 aromatic heterocycles. The van der Waals surface area contributed by atoms with Crippen LogP contribution in [0.2, 0.25) is 0 Å². The Labute approximate surface area is 158 Å². The van der Waals surface area contributed by atoms with E-state index >= 15 is 0 Å². The van der Waals surface area contributed by atoms with E-state index in [0.717, 1.165) is 23.5 Å². The molecule has 1 fully saturated rings. The Bertz CT molecular complexity index is 777. The smallest absolute Gasteiger partial charge is 0.332 e. The molecule has 2 aromatic rings. The van der Waals surface area contributed by atoms with Gasteiger partial charge in [-0.25, -0.2) is 4.79 Å². The third-order valence-electron chi connectivity index (χ3n) is 4.69. The summed E-state index contributed by atoms with van der Waals surface area (Å²) in [5.74, 6) is -1.28. The number of carboxylic acids is 1. The van der Waals surface area contributed by atoms with Gasteiger partial charge in [0, 0.05) is 24.5 Å². The zero-order valence-corrected chi connectivity index (χ0v) is 15.3. The molecule has 1 aliphatic heterocycles. The first-order valence-electron chi connectivity index (χ1n) is 9.16. The highest BCUT2D eigenvalue weighted by Gasteiger charge is 2.34. The number of carbonyl (C=O) groups is 2. The summed E-state index contributed by atoms with van der Waals surface area (Å²) in [5, 5.41) is 11.8. The highest BCUT2D eigenvalue weighted by atomic mass is 16.5. The Morgan fingerprint density at radius 2 is 1.67 bits per heavy atom. The number of hydrogen-bond acceptors (Lipinski definition) is 4. The van der Waals surface area contributed by atoms with Crippen LogP contribution in [-0.2, 0) is 20.9 Å². The molecule has 0 aliphatic carbocycles. The number of hydrogen-bond donors (Lipinski definition) is 2. The molecule has 6 heteroatoms. The minimum Gasteiger partial charge on any atom is -0.479 e. The highest BCUT2D eigenvalue weighted by Crippen LogP contribution is 2.25. The average Bonchev–Trinajstić information content (AvgIpc) is 3.19. The van der Waals surface area contributed by atoms with E-state index in [4.69, 9.17) is 9.84 Å². The summed E-state index contributed by atoms with van der Waals surface area (Å²) in [6.45, 7) is 3.34. The van der Waals surface area contributed by atoms with Crippen LogP contribution in [0.25, 0.3) is 0 Å². The molecule has 0 saturated carbocycles. The molecule has 27 heavy (non-hydrogen) atoms. The molecule has 0 unspecified atom stereocenters. The number of nitrogens with one attached hydrogen (secondary N) is 1. The zero-order chi connectivity index (χ0) is 19.2. The number of ether oxygens (including phenoxy) is 1. The molecular weight excluding hydrogens is 344 g/mol. The lowest BCUT2D eigenvalue weighted by Crippen LogP contribution is -2.35. The molecule has 1 aliphatic rings. The van der Waals surface area contributed by atoms with Gasteiger partial charge in [-0.15, -0.1) is 0 Å². The fourth-order valence-corrected chi connectivity index (χ4v) is 3.23. The number of aliphatic carboxylic acids is 1. The van der Waals surface area contributed by atoms with E-state index in [1.165, 1.54) is 0 Å². The van der Waals surface area contributed by atoms with Gasteiger partial charge < -0.3 is 20.1 Å². The Morgan fingerprint density at radius 3 is 2.26 bits per heavy atom. The van der Waals surface area contributed by atoms with Crippen molar-refractivity contribution in [2.75, 3.05) is 11.4 Å². The molecule has 1 saturated heterocycles. The number of amides is 1. The molecule has 0 spiro atoms. The van der Waals surface area contributed by atoms with E-state index in [9.17, 15) is 9.59 Å². The van der Waals surface area contributed by atoms with E-state index in [0.29, 0.717) is 19.4 Å². The quantitative estimate of drug-likeness (QED) is 0.785. The molecular formula is C21H24N2O4. The summed E-state index contributed by atoms with van der Waals surface area (Å²) in [7, 11) is 0. The average molecular weight is 368 g/mol. The van der Waals surface area contributed by atoms with Gasteiger partial charge in [0.1, 0.15) is 6.10 Å². The van der Waals surface area contributed by atoms with Gasteiger partial charge >= 0.3 is 5.97 Å². The molecule has 1 amide bonds. The Morgan fingerprint density at radius 1 is 1.04 bits per heavy atom. The van der Waals surface area contributed by atoms with Crippen LogP contribution in [0.4, 0.5) is 11.4 Å². The van der Waals surface area contributed by atoms with Crippen LogP contribution in [0.1, 0.15) is 25.3 Å². The third-order valence-corrected chi connectivity index (χ3v) is 4.69. The minimum atomic E-state index is -1.01. The number of nitrogens with zero attached hydrogens (tertiary/aromatic N) is 1. The summed E-state index contributed by atoms with van der Waals surface area (Å²) in [5.41, 5.74) is 3.19. The standard InChI is InChI=1S/C21H24N2O4/c1-2-23(16-6-4-3-5-7-16)17-10-8-15(9-11-17)14-22-20(24)18-12-13-19(27-18)21(25)26/h3-11,18-19H,2,12-14H2,1H3,(H,22,24)(H,25,26)/t18-,19+/m0/s1. The number of benzene rings is 2. The van der Waals surface area contributed by atoms with Crippen LogP contribution < -0.4 is 10.2 Å². The lowest BCUT2D eigenvalue weighted by molar-refractivity contribution is -0.151. The van der Waals surface area contributed by atoms with Crippen molar-refractivity contribution in [3.63, 3.8) is 0 Å². The van der Waals surface area contributed by atoms with Gasteiger partial charge in [0.2, 0.25) is 5.91 Å². The first kappa shape index (κ1) is 18.9. The summed E-state index contributed by atoms with van der Waals surface area (Å²) in [6.07, 6.45) is -0.754. The van der Waals surface area contributed by atoms with Crippen molar-refractivity contribution in [2.45, 2.75) is 38.5 Å². The first-order chi connectivity index (χ1) is 13.1. The molecule has 1 heterocycles. The highest BCUT2D eigenvalue weighted by molar-refractivity contribution is 5.82. The van der Waals surface area contributed by atoms with Crippen LogP contribution in [0.15, 0.2) is 54.6 Å². The normalized spacial score (nSPS) is 18.9. The Hall–Kier alpha value is -2.86. The van der Waals surface area contributed by atoms with Crippen molar-refractivity contribution in [2.24, 2.45) is 0 Å². The summed E-state index contributed by atoms with van der Waals surface area (Å²) in [4.78, 5) is 25.3. The maximum absolute atomic E-state index is 12.2. The maximum atomic E-state index is 12.2. The molecule has 6 nitrogen and oxygen atoms in total. The lowest BCUT2D eigenvalue weighted by atomic mass is 10.1. The monoisotopic (exact) mass is 368 g/mol. The van der Waals surface area contributed by atoms with Gasteiger partial charge in [0.25, 0.3) is 0 Å². The Kier molecular flexibility index (Phi) is 6.08. The molecule has 2 N–H and O–H groups in total. The van der Waals surface area contributed by atoms with Gasteiger partial charge in [-0.1, -0.05) is 30.3 Å². The van der Waals surface area contributed by atoms with Crippen molar-refractivity contribution in [3.05, 3.63) is 60.2 Å². The second-order valence-electron chi connectivity index (χ2n) is 6.49. The zero-order valence-electron chi connectivity index (χ0n) is 15.3. The second kappa shape index (κ2) is 8.68. The molecule has 2 aromatic carbocycles. The molecule has 142 valence electrons. The van der Waals surface area contributed by atoms with Crippen molar-refractivity contribution < 1.29 is 19.4 Å². The Balaban J connectivity index is 1.56. The van der Waals surface area contributed by atoms with Crippen LogP contribution in [-0.4, -0.2) is 35.7 Å². The van der Waals surface area contributed by atoms with Crippen LogP contribution in [0.5, 0.6) is 0 Å². The van der Waals surface area contributed by atoms with E-state index in [-0.39, 0.29) is 5.91 Å². The first-order valence-corrected chi connectivity index (χ1v) is 9.16. The van der Waals surface area contributed by atoms with Gasteiger partial charge in [-0.2, -0.15) is 0 Å². The summed E-state index contributed by atoms with van der Waals surface area (Å²) in [6, 6.07) is 18.2. The number of carbonyl (C=O) groups excluding carboxylic acids is 1. The number of para-hydroxylation sites is 1. The van der Waals surface area contributed by atoms with Crippen LogP contribution in [0, 0.1) is 0 Å². The fourth-order valence-electron chi connectivity index (χ4n) is 3.23. The largest absolute Gasteiger partial charge is 0.479 e. The van der Waals surface area contributed by atoms with Gasteiger partial charge in [-0.3, -0.25) is 4.79 Å². The summed E-state index contributed by atoms with van der Waals surface area (Å²) >= 11 is 0. The lowest BCUT2D eigenvalue weighted by Gasteiger charge is -2.23. The van der Waals surface area contributed by atoms with Crippen molar-refractivity contribution >= 4 is 23.3 Å². The van der Waals surface area contributed by atoms with Crippen LogP contribution in [0.3, 0.4) is 0 Å². The number of anilines is 2. The predicted octanol–water partition coefficient (Wildman–Crippen LogP) is 3.09. The third kappa shape index (κ3) is 4.65. The summed E-state index contributed by atoms with van der Waals surface area (Å²) < 4.78 is 5.27. The van der Waals surface area contributed by atoms with Crippen molar-refractivity contribution in [1.82, 2.24) is 5.32 Å². The van der Waals surface area contributed by atoms with Gasteiger partial charge in [-0.05, 0) is 49.6 Å². The van der Waals surface area contributed by atoms with Crippen LogP contribution >= 0.6 is 0 Å². The SMILES string of the molecule is CCN(c1ccccc1)c1ccc(CNC(=O)[C@@H]2CC[C@H](C(=O)O)O2)cc1. The topological polar surface area (TPSA) is 78.9 Å². The molecule has 0 bridgehead atoms. The fraction of sp³-hybridized carbons (Fsp3) is 0.333. The van der Waals surface area contributed by atoms with Crippen molar-refractivity contribution in [3.8, 4) is 0 Å². The van der Waals surface area contributed by atoms with E-state index in [1.807, 2.05) is 42.5 Å². The van der Waals surface area contributed by atoms with Gasteiger partial charge in [0.05, 0.1) is 0 Å². The van der Waals surface area contributed by atoms with E-state index < -0.39 is 18.2 Å². The molecule has 3 rings (SSSR count). The molecule has 0 radical (unpaired) electrons. The predicted molar refractivity (Wildman–Crippen MR) is 103 cm³/mol. The second-order valence-corrected chi connectivity index (χ2v) is 6.49. The van der Waals surface area contributed by atoms with Crippen molar-refractivity contribution in [1.29, 1.82) is 0 Å².